The van der Waals surface area contributed by atoms with Crippen molar-refractivity contribution in [1.29, 1.82) is 0 Å². The molecule has 0 saturated carbocycles. The van der Waals surface area contributed by atoms with Crippen LogP contribution in [0.1, 0.15) is 32.8 Å². The lowest BCUT2D eigenvalue weighted by atomic mass is 10.2. The molecule has 0 aromatic carbocycles. The third-order valence-corrected chi connectivity index (χ3v) is 2.53. The molecule has 1 rings (SSSR count). The molecular formula is C15H22N4O3. The number of aromatic amines is 1. The summed E-state index contributed by atoms with van der Waals surface area (Å²) in [4.78, 5) is 24.0. The van der Waals surface area contributed by atoms with Crippen LogP contribution >= 0.6 is 0 Å². The Bertz CT molecular complexity index is 540. The minimum Gasteiger partial charge on any atom is -0.444 e. The smallest absolute Gasteiger partial charge is 0.408 e. The average molecular weight is 306 g/mol. The number of ether oxygens (including phenoxy) is 1. The Hall–Kier alpha value is -2.53. The Labute approximate surface area is 129 Å². The van der Waals surface area contributed by atoms with Crippen LogP contribution in [0.5, 0.6) is 0 Å². The number of carbonyl (C=O) groups excluding carboxylic acids is 2. The topological polar surface area (TPSA) is 96.1 Å². The van der Waals surface area contributed by atoms with Gasteiger partial charge in [-0.15, -0.1) is 5.73 Å². The van der Waals surface area contributed by atoms with Crippen molar-refractivity contribution in [2.75, 3.05) is 0 Å². The summed E-state index contributed by atoms with van der Waals surface area (Å²) in [6.07, 6.45) is 4.51. The van der Waals surface area contributed by atoms with Crippen LogP contribution in [0.15, 0.2) is 30.8 Å². The van der Waals surface area contributed by atoms with E-state index in [0.29, 0.717) is 6.54 Å². The highest BCUT2D eigenvalue weighted by Crippen LogP contribution is 2.07. The van der Waals surface area contributed by atoms with Gasteiger partial charge >= 0.3 is 6.09 Å². The van der Waals surface area contributed by atoms with Gasteiger partial charge in [0, 0.05) is 24.7 Å². The van der Waals surface area contributed by atoms with Crippen LogP contribution < -0.4 is 10.6 Å². The van der Waals surface area contributed by atoms with Crippen molar-refractivity contribution < 1.29 is 14.3 Å². The number of hydrogen-bond acceptors (Lipinski definition) is 4. The lowest BCUT2D eigenvalue weighted by Crippen LogP contribution is -2.47. The molecule has 7 nitrogen and oxygen atoms in total. The van der Waals surface area contributed by atoms with Gasteiger partial charge in [0.1, 0.15) is 11.6 Å². The Morgan fingerprint density at radius 1 is 1.55 bits per heavy atom. The molecule has 2 amide bonds. The maximum Gasteiger partial charge on any atom is 0.408 e. The van der Waals surface area contributed by atoms with Gasteiger partial charge in [-0.2, -0.15) is 5.10 Å². The molecule has 0 aliphatic rings. The Morgan fingerprint density at radius 3 is 2.82 bits per heavy atom. The van der Waals surface area contributed by atoms with E-state index >= 15 is 0 Å². The average Bonchev–Trinajstić information content (AvgIpc) is 2.91. The van der Waals surface area contributed by atoms with Gasteiger partial charge in [0.15, 0.2) is 0 Å². The second kappa shape index (κ2) is 8.05. The summed E-state index contributed by atoms with van der Waals surface area (Å²) in [5, 5.41) is 11.7. The predicted molar refractivity (Wildman–Crippen MR) is 81.9 cm³/mol. The van der Waals surface area contributed by atoms with Crippen molar-refractivity contribution >= 4 is 12.0 Å². The number of nitrogens with one attached hydrogen (secondary N) is 3. The molecule has 0 radical (unpaired) electrons. The summed E-state index contributed by atoms with van der Waals surface area (Å²) < 4.78 is 5.15. The molecule has 22 heavy (non-hydrogen) atoms. The molecule has 0 saturated heterocycles. The second-order valence-corrected chi connectivity index (χ2v) is 5.67. The molecule has 120 valence electrons. The van der Waals surface area contributed by atoms with E-state index in [1.807, 2.05) is 0 Å². The van der Waals surface area contributed by atoms with Gasteiger partial charge in [0.2, 0.25) is 5.91 Å². The van der Waals surface area contributed by atoms with Crippen LogP contribution in [0, 0.1) is 0 Å². The zero-order valence-corrected chi connectivity index (χ0v) is 13.1. The number of amides is 2. The second-order valence-electron chi connectivity index (χ2n) is 5.67. The van der Waals surface area contributed by atoms with Gasteiger partial charge in [0.05, 0.1) is 6.20 Å². The number of alkyl carbamates (subject to hydrolysis) is 1. The van der Waals surface area contributed by atoms with Gasteiger partial charge in [-0.25, -0.2) is 4.79 Å². The van der Waals surface area contributed by atoms with E-state index in [2.05, 4.69) is 33.1 Å². The number of nitrogens with zero attached hydrogens (tertiary/aromatic N) is 1. The molecule has 0 spiro atoms. The van der Waals surface area contributed by atoms with Crippen LogP contribution in [0.3, 0.4) is 0 Å². The van der Waals surface area contributed by atoms with Gasteiger partial charge in [-0.1, -0.05) is 6.58 Å². The van der Waals surface area contributed by atoms with Gasteiger partial charge in [-0.3, -0.25) is 9.89 Å². The molecule has 0 bridgehead atoms. The zero-order chi connectivity index (χ0) is 16.6. The highest BCUT2D eigenvalue weighted by molar-refractivity contribution is 5.85. The van der Waals surface area contributed by atoms with E-state index in [-0.39, 0.29) is 12.3 Å². The van der Waals surface area contributed by atoms with E-state index in [1.165, 1.54) is 0 Å². The zero-order valence-electron chi connectivity index (χ0n) is 13.1. The lowest BCUT2D eigenvalue weighted by Gasteiger charge is -2.22. The Kier molecular flexibility index (Phi) is 6.41. The molecule has 1 unspecified atom stereocenters. The standard InChI is InChI=1S/C15H22N4O3/c1-5-6-7-12(19-14(21)22-15(2,3)4)13(20)16-8-11-9-17-18-10-11/h6,9-10,12H,1,7-8H2,2-4H3,(H,16,20)(H,17,18)(H,19,21). The molecule has 1 heterocycles. The first kappa shape index (κ1) is 17.5. The summed E-state index contributed by atoms with van der Waals surface area (Å²) in [7, 11) is 0. The number of carbonyl (C=O) groups is 2. The fraction of sp³-hybridized carbons (Fsp3) is 0.467. The summed E-state index contributed by atoms with van der Waals surface area (Å²) in [6, 6.07) is -0.754. The molecule has 1 aromatic heterocycles. The SMILES string of the molecule is C=C=CCC(NC(=O)OC(C)(C)C)C(=O)NCc1cn[nH]c1. The highest BCUT2D eigenvalue weighted by Gasteiger charge is 2.23. The van der Waals surface area contributed by atoms with Crippen molar-refractivity contribution in [3.63, 3.8) is 0 Å². The van der Waals surface area contributed by atoms with Crippen molar-refractivity contribution in [2.24, 2.45) is 0 Å². The first-order chi connectivity index (χ1) is 10.3. The van der Waals surface area contributed by atoms with E-state index in [4.69, 9.17) is 4.74 Å². The number of aromatic nitrogens is 2. The van der Waals surface area contributed by atoms with E-state index in [9.17, 15) is 9.59 Å². The third-order valence-electron chi connectivity index (χ3n) is 2.53. The summed E-state index contributed by atoms with van der Waals surface area (Å²) in [6.45, 7) is 9.03. The quantitative estimate of drug-likeness (QED) is 0.696. The van der Waals surface area contributed by atoms with Crippen molar-refractivity contribution in [2.45, 2.75) is 45.4 Å². The molecule has 0 fully saturated rings. The molecule has 1 atom stereocenters. The lowest BCUT2D eigenvalue weighted by molar-refractivity contribution is -0.123. The summed E-state index contributed by atoms with van der Waals surface area (Å²) >= 11 is 0. The molecule has 7 heteroatoms. The minimum atomic E-state index is -0.754. The van der Waals surface area contributed by atoms with Crippen molar-refractivity contribution in [3.8, 4) is 0 Å². The maximum atomic E-state index is 12.2. The number of hydrogen-bond donors (Lipinski definition) is 3. The van der Waals surface area contributed by atoms with Crippen molar-refractivity contribution in [1.82, 2.24) is 20.8 Å². The van der Waals surface area contributed by atoms with Crippen LogP contribution in [0.25, 0.3) is 0 Å². The Balaban J connectivity index is 2.60. The largest absolute Gasteiger partial charge is 0.444 e. The third kappa shape index (κ3) is 6.76. The summed E-state index contributed by atoms with van der Waals surface area (Å²) in [5.41, 5.74) is 2.79. The first-order valence-electron chi connectivity index (χ1n) is 6.91. The Morgan fingerprint density at radius 2 is 2.27 bits per heavy atom. The molecule has 3 N–H and O–H groups in total. The maximum absolute atomic E-state index is 12.2. The number of H-pyrrole nitrogens is 1. The van der Waals surface area contributed by atoms with Gasteiger partial charge in [0.25, 0.3) is 0 Å². The first-order valence-corrected chi connectivity index (χ1v) is 6.91. The van der Waals surface area contributed by atoms with Crippen molar-refractivity contribution in [3.05, 3.63) is 36.3 Å². The van der Waals surface area contributed by atoms with E-state index in [0.717, 1.165) is 5.56 Å². The predicted octanol–water partition coefficient (Wildman–Crippen LogP) is 1.65. The van der Waals surface area contributed by atoms with Crippen LogP contribution in [-0.2, 0) is 16.1 Å². The molecular weight excluding hydrogens is 284 g/mol. The van der Waals surface area contributed by atoms with Crippen LogP contribution in [-0.4, -0.2) is 33.8 Å². The normalized spacial score (nSPS) is 12.0. The number of rotatable bonds is 6. The molecule has 0 aliphatic heterocycles. The van der Waals surface area contributed by atoms with Gasteiger partial charge in [-0.05, 0) is 26.8 Å². The fourth-order valence-electron chi connectivity index (χ4n) is 1.57. The summed E-state index contributed by atoms with van der Waals surface area (Å²) in [5.74, 6) is -0.321. The highest BCUT2D eigenvalue weighted by atomic mass is 16.6. The van der Waals surface area contributed by atoms with Gasteiger partial charge < -0.3 is 15.4 Å². The fourth-order valence-corrected chi connectivity index (χ4v) is 1.57. The van der Waals surface area contributed by atoms with E-state index in [1.54, 1.807) is 39.2 Å². The van der Waals surface area contributed by atoms with Crippen LogP contribution in [0.2, 0.25) is 0 Å². The molecule has 0 aliphatic carbocycles. The molecule has 1 aromatic rings. The minimum absolute atomic E-state index is 0.278. The monoisotopic (exact) mass is 306 g/mol. The van der Waals surface area contributed by atoms with E-state index < -0.39 is 17.7 Å². The van der Waals surface area contributed by atoms with Crippen LogP contribution in [0.4, 0.5) is 4.79 Å².